The number of thiazole rings is 1. The van der Waals surface area contributed by atoms with Crippen LogP contribution >= 0.6 is 11.3 Å². The van der Waals surface area contributed by atoms with Crippen molar-refractivity contribution < 1.29 is 14.3 Å². The molecule has 5 nitrogen and oxygen atoms in total. The quantitative estimate of drug-likeness (QED) is 0.320. The summed E-state index contributed by atoms with van der Waals surface area (Å²) in [5.74, 6) is 1.45. The molecule has 6 heteroatoms. The molecule has 0 spiro atoms. The second-order valence-electron chi connectivity index (χ2n) is 6.59. The minimum Gasteiger partial charge on any atom is -0.494 e. The molecular formula is C24H26N2O3S. The van der Waals surface area contributed by atoms with Crippen molar-refractivity contribution in [2.75, 3.05) is 18.5 Å². The first kappa shape index (κ1) is 21.6. The Morgan fingerprint density at radius 3 is 2.43 bits per heavy atom. The van der Waals surface area contributed by atoms with Crippen LogP contribution in [-0.4, -0.2) is 24.1 Å². The van der Waals surface area contributed by atoms with E-state index in [9.17, 15) is 4.79 Å². The summed E-state index contributed by atoms with van der Waals surface area (Å²) in [5.41, 5.74) is 2.73. The number of nitrogens with one attached hydrogen (secondary N) is 1. The highest BCUT2D eigenvalue weighted by Crippen LogP contribution is 2.26. The SMILES string of the molecule is CCCCOc1ccc(/C=C/C(=O)Nc2nc(-c3ccc(OCC)cc3)cs2)cc1. The lowest BCUT2D eigenvalue weighted by atomic mass is 10.2. The van der Waals surface area contributed by atoms with Crippen LogP contribution in [0, 0.1) is 0 Å². The van der Waals surface area contributed by atoms with Gasteiger partial charge in [-0.25, -0.2) is 4.98 Å². The molecule has 0 unspecified atom stereocenters. The molecule has 156 valence electrons. The number of benzene rings is 2. The van der Waals surface area contributed by atoms with Gasteiger partial charge in [0.2, 0.25) is 5.91 Å². The summed E-state index contributed by atoms with van der Waals surface area (Å²) in [5, 5.41) is 5.30. The summed E-state index contributed by atoms with van der Waals surface area (Å²) in [7, 11) is 0. The predicted octanol–water partition coefficient (Wildman–Crippen LogP) is 6.04. The molecule has 0 aliphatic rings. The Morgan fingerprint density at radius 1 is 1.03 bits per heavy atom. The van der Waals surface area contributed by atoms with Crippen LogP contribution in [0.2, 0.25) is 0 Å². The number of ether oxygens (including phenoxy) is 2. The van der Waals surface area contributed by atoms with Gasteiger partial charge >= 0.3 is 0 Å². The van der Waals surface area contributed by atoms with E-state index in [2.05, 4.69) is 17.2 Å². The normalized spacial score (nSPS) is 10.9. The van der Waals surface area contributed by atoms with Gasteiger partial charge in [0.15, 0.2) is 5.13 Å². The summed E-state index contributed by atoms with van der Waals surface area (Å²) in [6.45, 7) is 5.45. The summed E-state index contributed by atoms with van der Waals surface area (Å²) in [6, 6.07) is 15.4. The van der Waals surface area contributed by atoms with Crippen molar-refractivity contribution in [3.05, 3.63) is 65.6 Å². The molecule has 0 aliphatic carbocycles. The van der Waals surface area contributed by atoms with Crippen molar-refractivity contribution in [2.45, 2.75) is 26.7 Å². The summed E-state index contributed by atoms with van der Waals surface area (Å²) < 4.78 is 11.1. The van der Waals surface area contributed by atoms with E-state index in [-0.39, 0.29) is 5.91 Å². The average molecular weight is 423 g/mol. The van der Waals surface area contributed by atoms with Crippen LogP contribution in [-0.2, 0) is 4.79 Å². The van der Waals surface area contributed by atoms with E-state index < -0.39 is 0 Å². The van der Waals surface area contributed by atoms with Crippen molar-refractivity contribution in [3.8, 4) is 22.8 Å². The lowest BCUT2D eigenvalue weighted by Crippen LogP contribution is -2.07. The van der Waals surface area contributed by atoms with Gasteiger partial charge in [-0.15, -0.1) is 11.3 Å². The van der Waals surface area contributed by atoms with Crippen molar-refractivity contribution in [3.63, 3.8) is 0 Å². The number of rotatable bonds is 10. The van der Waals surface area contributed by atoms with Gasteiger partial charge in [-0.1, -0.05) is 25.5 Å². The second kappa shape index (κ2) is 11.2. The Balaban J connectivity index is 1.53. The number of anilines is 1. The number of carbonyl (C=O) groups excluding carboxylic acids is 1. The lowest BCUT2D eigenvalue weighted by Gasteiger charge is -2.05. The largest absolute Gasteiger partial charge is 0.494 e. The van der Waals surface area contributed by atoms with E-state index in [0.717, 1.165) is 47.8 Å². The van der Waals surface area contributed by atoms with Crippen LogP contribution in [0.5, 0.6) is 11.5 Å². The molecule has 3 aromatic rings. The van der Waals surface area contributed by atoms with Gasteiger partial charge in [0.25, 0.3) is 0 Å². The first-order valence-corrected chi connectivity index (χ1v) is 11.0. The van der Waals surface area contributed by atoms with Crippen LogP contribution in [0.4, 0.5) is 5.13 Å². The Kier molecular flexibility index (Phi) is 8.03. The maximum absolute atomic E-state index is 12.2. The lowest BCUT2D eigenvalue weighted by molar-refractivity contribution is -0.111. The van der Waals surface area contributed by atoms with Crippen LogP contribution in [0.25, 0.3) is 17.3 Å². The molecule has 30 heavy (non-hydrogen) atoms. The molecule has 0 atom stereocenters. The molecule has 2 aromatic carbocycles. The maximum atomic E-state index is 12.2. The highest BCUT2D eigenvalue weighted by molar-refractivity contribution is 7.14. The van der Waals surface area contributed by atoms with E-state index in [4.69, 9.17) is 9.47 Å². The highest BCUT2D eigenvalue weighted by Gasteiger charge is 2.07. The second-order valence-corrected chi connectivity index (χ2v) is 7.45. The van der Waals surface area contributed by atoms with E-state index in [0.29, 0.717) is 11.7 Å². The molecule has 1 heterocycles. The maximum Gasteiger partial charge on any atom is 0.250 e. The molecular weight excluding hydrogens is 396 g/mol. The van der Waals surface area contributed by atoms with Crippen LogP contribution in [0.3, 0.4) is 0 Å². The van der Waals surface area contributed by atoms with Crippen LogP contribution in [0.15, 0.2) is 60.0 Å². The smallest absolute Gasteiger partial charge is 0.250 e. The van der Waals surface area contributed by atoms with Gasteiger partial charge in [-0.2, -0.15) is 0 Å². The first-order chi connectivity index (χ1) is 14.7. The topological polar surface area (TPSA) is 60.5 Å². The minimum atomic E-state index is -0.217. The Bertz CT molecular complexity index is 963. The molecule has 0 saturated carbocycles. The molecule has 0 radical (unpaired) electrons. The molecule has 0 bridgehead atoms. The number of hydrogen-bond acceptors (Lipinski definition) is 5. The van der Waals surface area contributed by atoms with Gasteiger partial charge in [0.05, 0.1) is 18.9 Å². The Labute approximate surface area is 181 Å². The number of aromatic nitrogens is 1. The molecule has 1 amide bonds. The van der Waals surface area contributed by atoms with Gasteiger partial charge in [-0.05, 0) is 61.4 Å². The van der Waals surface area contributed by atoms with Gasteiger partial charge in [-0.3, -0.25) is 10.1 Å². The van der Waals surface area contributed by atoms with Crippen LogP contribution < -0.4 is 14.8 Å². The molecule has 1 N–H and O–H groups in total. The number of hydrogen-bond donors (Lipinski definition) is 1. The van der Waals surface area contributed by atoms with Crippen molar-refractivity contribution in [1.29, 1.82) is 0 Å². The third kappa shape index (κ3) is 6.46. The monoisotopic (exact) mass is 422 g/mol. The molecule has 3 rings (SSSR count). The summed E-state index contributed by atoms with van der Waals surface area (Å²) in [6.07, 6.45) is 5.42. The summed E-state index contributed by atoms with van der Waals surface area (Å²) >= 11 is 1.40. The summed E-state index contributed by atoms with van der Waals surface area (Å²) in [4.78, 5) is 16.7. The third-order valence-corrected chi connectivity index (χ3v) is 5.03. The van der Waals surface area contributed by atoms with Crippen molar-refractivity contribution in [2.24, 2.45) is 0 Å². The zero-order valence-electron chi connectivity index (χ0n) is 17.3. The average Bonchev–Trinajstić information content (AvgIpc) is 3.22. The van der Waals surface area contributed by atoms with E-state index in [1.54, 1.807) is 6.08 Å². The van der Waals surface area contributed by atoms with Crippen molar-refractivity contribution in [1.82, 2.24) is 4.98 Å². The minimum absolute atomic E-state index is 0.217. The van der Waals surface area contributed by atoms with Gasteiger partial charge in [0, 0.05) is 17.0 Å². The first-order valence-electron chi connectivity index (χ1n) is 10.1. The number of nitrogens with zero attached hydrogens (tertiary/aromatic N) is 1. The van der Waals surface area contributed by atoms with Gasteiger partial charge in [0.1, 0.15) is 11.5 Å². The van der Waals surface area contributed by atoms with E-state index >= 15 is 0 Å². The fourth-order valence-corrected chi connectivity index (χ4v) is 3.40. The van der Waals surface area contributed by atoms with E-state index in [1.807, 2.05) is 60.8 Å². The molecule has 0 fully saturated rings. The molecule has 0 saturated heterocycles. The fourth-order valence-electron chi connectivity index (χ4n) is 2.68. The standard InChI is InChI=1S/C24H26N2O3S/c1-3-5-16-29-21-11-6-18(7-12-21)8-15-23(27)26-24-25-22(17-30-24)19-9-13-20(14-10-19)28-4-2/h6-15,17H,3-5,16H2,1-2H3,(H,25,26,27)/b15-8+. The van der Waals surface area contributed by atoms with Crippen molar-refractivity contribution >= 4 is 28.5 Å². The number of unbranched alkanes of at least 4 members (excludes halogenated alkanes) is 1. The Morgan fingerprint density at radius 2 is 1.73 bits per heavy atom. The van der Waals surface area contributed by atoms with Crippen LogP contribution in [0.1, 0.15) is 32.3 Å². The highest BCUT2D eigenvalue weighted by atomic mass is 32.1. The van der Waals surface area contributed by atoms with Gasteiger partial charge < -0.3 is 9.47 Å². The van der Waals surface area contributed by atoms with E-state index in [1.165, 1.54) is 17.4 Å². The number of carbonyl (C=O) groups is 1. The Hall–Kier alpha value is -3.12. The number of amides is 1. The molecule has 0 aliphatic heterocycles. The predicted molar refractivity (Wildman–Crippen MR) is 123 cm³/mol. The fraction of sp³-hybridized carbons (Fsp3) is 0.250. The molecule has 1 aromatic heterocycles. The zero-order chi connectivity index (χ0) is 21.2. The zero-order valence-corrected chi connectivity index (χ0v) is 18.1. The third-order valence-electron chi connectivity index (χ3n) is 4.27.